The zero-order chi connectivity index (χ0) is 23.4. The van der Waals surface area contributed by atoms with Gasteiger partial charge in [-0.2, -0.15) is 0 Å². The van der Waals surface area contributed by atoms with Gasteiger partial charge in [0.25, 0.3) is 5.91 Å². The van der Waals surface area contributed by atoms with Crippen molar-refractivity contribution in [2.24, 2.45) is 0 Å². The van der Waals surface area contributed by atoms with Crippen molar-refractivity contribution in [1.82, 2.24) is 10.2 Å². The monoisotopic (exact) mass is 442 g/mol. The van der Waals surface area contributed by atoms with Crippen molar-refractivity contribution in [3.8, 4) is 28.7 Å². The Labute approximate surface area is 190 Å². The lowest BCUT2D eigenvalue weighted by molar-refractivity contribution is -0.114. The van der Waals surface area contributed by atoms with Gasteiger partial charge in [-0.15, -0.1) is 10.2 Å². The van der Waals surface area contributed by atoms with Gasteiger partial charge in [0.15, 0.2) is 0 Å². The number of aromatic nitrogens is 2. The van der Waals surface area contributed by atoms with E-state index < -0.39 is 0 Å². The van der Waals surface area contributed by atoms with E-state index in [4.69, 9.17) is 9.15 Å². The summed E-state index contributed by atoms with van der Waals surface area (Å²) in [5, 5.41) is 13.8. The van der Waals surface area contributed by atoms with Crippen LogP contribution < -0.4 is 15.4 Å². The molecule has 0 saturated heterocycles. The predicted octanol–water partition coefficient (Wildman–Crippen LogP) is 4.93. The minimum absolute atomic E-state index is 0.246. The van der Waals surface area contributed by atoms with Gasteiger partial charge in [-0.1, -0.05) is 18.2 Å². The maximum atomic E-state index is 12.8. The molecular formula is C25H22N4O4. The Hall–Kier alpha value is -4.46. The number of rotatable bonds is 6. The molecule has 0 aliphatic heterocycles. The van der Waals surface area contributed by atoms with E-state index in [9.17, 15) is 9.59 Å². The van der Waals surface area contributed by atoms with E-state index in [1.165, 1.54) is 14.0 Å². The van der Waals surface area contributed by atoms with Crippen LogP contribution in [0, 0.1) is 6.92 Å². The fourth-order valence-corrected chi connectivity index (χ4v) is 3.27. The highest BCUT2D eigenvalue weighted by Crippen LogP contribution is 2.29. The number of carbonyl (C=O) groups is 2. The van der Waals surface area contributed by atoms with Crippen molar-refractivity contribution in [3.63, 3.8) is 0 Å². The van der Waals surface area contributed by atoms with Crippen LogP contribution in [0.5, 0.6) is 5.75 Å². The minimum Gasteiger partial charge on any atom is -0.497 e. The normalized spacial score (nSPS) is 10.5. The Balaban J connectivity index is 1.53. The van der Waals surface area contributed by atoms with Crippen LogP contribution >= 0.6 is 0 Å². The molecule has 2 amide bonds. The van der Waals surface area contributed by atoms with Crippen LogP contribution in [0.3, 0.4) is 0 Å². The van der Waals surface area contributed by atoms with Crippen molar-refractivity contribution in [3.05, 3.63) is 77.9 Å². The van der Waals surface area contributed by atoms with Crippen LogP contribution in [-0.4, -0.2) is 29.1 Å². The van der Waals surface area contributed by atoms with Crippen molar-refractivity contribution >= 4 is 23.2 Å². The summed E-state index contributed by atoms with van der Waals surface area (Å²) in [6.07, 6.45) is 0. The molecule has 0 aliphatic carbocycles. The lowest BCUT2D eigenvalue weighted by atomic mass is 10.1. The first-order chi connectivity index (χ1) is 15.9. The molecule has 8 heteroatoms. The Morgan fingerprint density at radius 3 is 2.30 bits per heavy atom. The summed E-state index contributed by atoms with van der Waals surface area (Å²) in [5.41, 5.74) is 3.94. The van der Waals surface area contributed by atoms with Crippen LogP contribution in [0.4, 0.5) is 11.4 Å². The number of anilines is 2. The lowest BCUT2D eigenvalue weighted by Gasteiger charge is -2.13. The van der Waals surface area contributed by atoms with E-state index >= 15 is 0 Å². The quantitative estimate of drug-likeness (QED) is 0.438. The molecule has 0 bridgehead atoms. The second kappa shape index (κ2) is 9.35. The number of hydrogen-bond donors (Lipinski definition) is 2. The van der Waals surface area contributed by atoms with Gasteiger partial charge in [-0.05, 0) is 55.0 Å². The summed E-state index contributed by atoms with van der Waals surface area (Å²) < 4.78 is 11.1. The first-order valence-corrected chi connectivity index (χ1v) is 10.2. The van der Waals surface area contributed by atoms with E-state index in [0.717, 1.165) is 11.1 Å². The number of amides is 2. The van der Waals surface area contributed by atoms with Crippen LogP contribution in [0.25, 0.3) is 22.9 Å². The maximum Gasteiger partial charge on any atom is 0.255 e. The average Bonchev–Trinajstić information content (AvgIpc) is 3.30. The van der Waals surface area contributed by atoms with Crippen molar-refractivity contribution in [1.29, 1.82) is 0 Å². The molecule has 0 atom stereocenters. The van der Waals surface area contributed by atoms with Gasteiger partial charge < -0.3 is 19.8 Å². The standard InChI is InChI=1S/C25H22N4O4/c1-15-6-4-5-7-20(15)25-29-28-24(33-25)18-10-8-17(9-11-18)23(31)27-22-14-19(32-3)12-13-21(22)26-16(2)30/h4-14H,1-3H3,(H,26,30)(H,27,31). The summed E-state index contributed by atoms with van der Waals surface area (Å²) >= 11 is 0. The zero-order valence-corrected chi connectivity index (χ0v) is 18.4. The number of hydrogen-bond acceptors (Lipinski definition) is 6. The van der Waals surface area contributed by atoms with Crippen LogP contribution in [-0.2, 0) is 4.79 Å². The van der Waals surface area contributed by atoms with Gasteiger partial charge in [0.05, 0.1) is 18.5 Å². The van der Waals surface area contributed by atoms with Gasteiger partial charge >= 0.3 is 0 Å². The van der Waals surface area contributed by atoms with Gasteiger partial charge in [0.1, 0.15) is 5.75 Å². The third-order valence-corrected chi connectivity index (χ3v) is 4.98. The highest BCUT2D eigenvalue weighted by molar-refractivity contribution is 6.07. The number of aryl methyl sites for hydroxylation is 1. The van der Waals surface area contributed by atoms with E-state index in [1.807, 2.05) is 31.2 Å². The summed E-state index contributed by atoms with van der Waals surface area (Å²) in [6.45, 7) is 3.38. The van der Waals surface area contributed by atoms with Crippen LogP contribution in [0.1, 0.15) is 22.8 Å². The van der Waals surface area contributed by atoms with Crippen LogP contribution in [0.15, 0.2) is 71.1 Å². The number of carbonyl (C=O) groups excluding carboxylic acids is 2. The van der Waals surface area contributed by atoms with Gasteiger partial charge in [-0.3, -0.25) is 9.59 Å². The Morgan fingerprint density at radius 2 is 1.61 bits per heavy atom. The predicted molar refractivity (Wildman–Crippen MR) is 125 cm³/mol. The second-order valence-corrected chi connectivity index (χ2v) is 7.35. The fourth-order valence-electron chi connectivity index (χ4n) is 3.27. The van der Waals surface area contributed by atoms with Gasteiger partial charge in [-0.25, -0.2) is 0 Å². The molecule has 1 heterocycles. The number of nitrogens with zero attached hydrogens (tertiary/aromatic N) is 2. The molecule has 0 unspecified atom stereocenters. The average molecular weight is 442 g/mol. The van der Waals surface area contributed by atoms with Crippen molar-refractivity contribution in [2.75, 3.05) is 17.7 Å². The third kappa shape index (κ3) is 4.90. The molecule has 3 aromatic carbocycles. The molecule has 33 heavy (non-hydrogen) atoms. The van der Waals surface area contributed by atoms with Crippen molar-refractivity contribution in [2.45, 2.75) is 13.8 Å². The summed E-state index contributed by atoms with van der Waals surface area (Å²) in [5.74, 6) is 0.766. The first kappa shape index (κ1) is 21.8. The number of methoxy groups -OCH3 is 1. The highest BCUT2D eigenvalue weighted by Gasteiger charge is 2.15. The summed E-state index contributed by atoms with van der Waals surface area (Å²) in [7, 11) is 1.53. The largest absolute Gasteiger partial charge is 0.497 e. The Kier molecular flexibility index (Phi) is 6.17. The fraction of sp³-hybridized carbons (Fsp3) is 0.120. The molecule has 0 fully saturated rings. The number of ether oxygens (including phenoxy) is 1. The molecule has 166 valence electrons. The summed E-state index contributed by atoms with van der Waals surface area (Å²) in [4.78, 5) is 24.3. The SMILES string of the molecule is COc1ccc(NC(C)=O)c(NC(=O)c2ccc(-c3nnc(-c4ccccc4C)o3)cc2)c1. The van der Waals surface area contributed by atoms with Crippen molar-refractivity contribution < 1.29 is 18.7 Å². The summed E-state index contributed by atoms with van der Waals surface area (Å²) in [6, 6.07) is 19.6. The minimum atomic E-state index is -0.340. The highest BCUT2D eigenvalue weighted by atomic mass is 16.5. The van der Waals surface area contributed by atoms with E-state index in [1.54, 1.807) is 42.5 Å². The van der Waals surface area contributed by atoms with Crippen LogP contribution in [0.2, 0.25) is 0 Å². The molecule has 8 nitrogen and oxygen atoms in total. The maximum absolute atomic E-state index is 12.8. The number of nitrogens with one attached hydrogen (secondary N) is 2. The Bertz CT molecular complexity index is 1310. The molecule has 2 N–H and O–H groups in total. The van der Waals surface area contributed by atoms with E-state index in [-0.39, 0.29) is 11.8 Å². The van der Waals surface area contributed by atoms with Gasteiger partial charge in [0.2, 0.25) is 17.7 Å². The molecule has 0 radical (unpaired) electrons. The molecule has 0 aliphatic rings. The molecule has 4 aromatic rings. The van der Waals surface area contributed by atoms with E-state index in [0.29, 0.717) is 40.0 Å². The third-order valence-electron chi connectivity index (χ3n) is 4.98. The zero-order valence-electron chi connectivity index (χ0n) is 18.4. The van der Waals surface area contributed by atoms with Gasteiger partial charge in [0, 0.05) is 29.7 Å². The topological polar surface area (TPSA) is 106 Å². The Morgan fingerprint density at radius 1 is 0.879 bits per heavy atom. The lowest BCUT2D eigenvalue weighted by Crippen LogP contribution is -2.15. The van der Waals surface area contributed by atoms with E-state index in [2.05, 4.69) is 20.8 Å². The molecular weight excluding hydrogens is 420 g/mol. The smallest absolute Gasteiger partial charge is 0.255 e. The molecule has 0 spiro atoms. The molecule has 4 rings (SSSR count). The number of benzene rings is 3. The first-order valence-electron chi connectivity index (χ1n) is 10.2. The molecule has 1 aromatic heterocycles. The molecule has 0 saturated carbocycles. The second-order valence-electron chi connectivity index (χ2n) is 7.35.